The Labute approximate surface area is 219 Å². The van der Waals surface area contributed by atoms with Crippen LogP contribution in [0, 0.1) is 0 Å². The van der Waals surface area contributed by atoms with Crippen molar-refractivity contribution in [2.75, 3.05) is 19.7 Å². The topological polar surface area (TPSA) is 118 Å². The second-order valence-corrected chi connectivity index (χ2v) is 6.91. The monoisotopic (exact) mass is 434 g/mol. The van der Waals surface area contributed by atoms with Crippen LogP contribution in [0.1, 0.15) is 78.1 Å². The van der Waals surface area contributed by atoms with Gasteiger partial charge in [-0.2, -0.15) is 0 Å². The standard InChI is InChI=1S/C19H36N2O6.2Na/c1-3-4-5-6-7-8-9-10-11-12-17(23)20(13-14-22)16(2)15-21(18(24)25)19(26)27;;/h16,22H,3-15H2,1-2H3,(H,24,25)(H,26,27);;. The van der Waals surface area contributed by atoms with Gasteiger partial charge in [0.25, 0.3) is 0 Å². The number of hydrogen-bond acceptors (Lipinski definition) is 4. The zero-order valence-corrected chi connectivity index (χ0v) is 22.7. The molecule has 0 rings (SSSR count). The van der Waals surface area contributed by atoms with Crippen LogP contribution in [-0.2, 0) is 4.79 Å². The van der Waals surface area contributed by atoms with Gasteiger partial charge in [-0.3, -0.25) is 4.79 Å². The van der Waals surface area contributed by atoms with E-state index in [0.29, 0.717) is 6.42 Å². The molecule has 1 unspecified atom stereocenters. The first kappa shape index (κ1) is 33.8. The minimum Gasteiger partial charge on any atom is -0.465 e. The quantitative estimate of drug-likeness (QED) is 0.269. The number of amides is 3. The molecule has 0 aromatic rings. The number of aliphatic hydroxyl groups is 1. The van der Waals surface area contributed by atoms with Crippen molar-refractivity contribution >= 4 is 77.2 Å². The number of nitrogens with zero attached hydrogens (tertiary/aromatic N) is 2. The van der Waals surface area contributed by atoms with Crippen LogP contribution in [0.15, 0.2) is 0 Å². The number of carbonyl (C=O) groups is 3. The van der Waals surface area contributed by atoms with Gasteiger partial charge in [-0.1, -0.05) is 58.3 Å². The van der Waals surface area contributed by atoms with Crippen LogP contribution in [0.2, 0.25) is 0 Å². The van der Waals surface area contributed by atoms with E-state index in [2.05, 4.69) is 6.92 Å². The third kappa shape index (κ3) is 16.5. The van der Waals surface area contributed by atoms with Crippen LogP contribution in [0.5, 0.6) is 0 Å². The van der Waals surface area contributed by atoms with Crippen LogP contribution in [0.3, 0.4) is 0 Å². The first-order valence-electron chi connectivity index (χ1n) is 9.98. The number of carbonyl (C=O) groups excluding carboxylic acids is 1. The van der Waals surface area contributed by atoms with Crippen molar-refractivity contribution in [3.05, 3.63) is 0 Å². The van der Waals surface area contributed by atoms with E-state index in [1.165, 1.54) is 43.4 Å². The van der Waals surface area contributed by atoms with Gasteiger partial charge >= 0.3 is 12.2 Å². The van der Waals surface area contributed by atoms with Crippen LogP contribution < -0.4 is 0 Å². The number of unbranched alkanes of at least 4 members (excludes halogenated alkanes) is 8. The van der Waals surface area contributed by atoms with Crippen molar-refractivity contribution in [2.24, 2.45) is 0 Å². The second-order valence-electron chi connectivity index (χ2n) is 6.91. The van der Waals surface area contributed by atoms with Crippen molar-refractivity contribution in [1.29, 1.82) is 0 Å². The van der Waals surface area contributed by atoms with Gasteiger partial charge in [0, 0.05) is 78.1 Å². The average molecular weight is 434 g/mol. The summed E-state index contributed by atoms with van der Waals surface area (Å²) in [6.45, 7) is 3.24. The van der Waals surface area contributed by atoms with Crippen molar-refractivity contribution in [1.82, 2.24) is 9.80 Å². The molecule has 0 bridgehead atoms. The Hall–Kier alpha value is 0.170. The summed E-state index contributed by atoms with van der Waals surface area (Å²) >= 11 is 0. The molecule has 160 valence electrons. The Morgan fingerprint density at radius 2 is 1.28 bits per heavy atom. The number of carboxylic acid groups (broad SMARTS) is 2. The summed E-state index contributed by atoms with van der Waals surface area (Å²) in [6.07, 6.45) is 7.40. The zero-order chi connectivity index (χ0) is 20.7. The Kier molecular flexibility index (Phi) is 24.9. The van der Waals surface area contributed by atoms with Gasteiger partial charge in [-0.05, 0) is 13.3 Å². The first-order chi connectivity index (χ1) is 12.8. The summed E-state index contributed by atoms with van der Waals surface area (Å²) in [5.74, 6) is -0.185. The van der Waals surface area contributed by atoms with Gasteiger partial charge in [0.05, 0.1) is 13.2 Å². The van der Waals surface area contributed by atoms with E-state index < -0.39 is 18.2 Å². The predicted molar refractivity (Wildman–Crippen MR) is 114 cm³/mol. The van der Waals surface area contributed by atoms with Gasteiger partial charge in [0.1, 0.15) is 0 Å². The Balaban J connectivity index is -0.00000338. The molecular weight excluding hydrogens is 398 g/mol. The smallest absolute Gasteiger partial charge is 0.416 e. The molecule has 0 aromatic heterocycles. The number of imide groups is 1. The Bertz CT molecular complexity index is 440. The summed E-state index contributed by atoms with van der Waals surface area (Å²) < 4.78 is 0. The molecule has 0 fully saturated rings. The summed E-state index contributed by atoms with van der Waals surface area (Å²) in [7, 11) is 0. The predicted octanol–water partition coefficient (Wildman–Crippen LogP) is 3.01. The van der Waals surface area contributed by atoms with Crippen LogP contribution >= 0.6 is 0 Å². The van der Waals surface area contributed by atoms with E-state index >= 15 is 0 Å². The van der Waals surface area contributed by atoms with Crippen LogP contribution in [0.4, 0.5) is 9.59 Å². The molecule has 2 radical (unpaired) electrons. The molecule has 0 aliphatic carbocycles. The van der Waals surface area contributed by atoms with Gasteiger partial charge in [-0.25, -0.2) is 14.5 Å². The van der Waals surface area contributed by atoms with Gasteiger partial charge < -0.3 is 20.2 Å². The normalized spacial score (nSPS) is 11.0. The Morgan fingerprint density at radius 1 is 0.828 bits per heavy atom. The van der Waals surface area contributed by atoms with E-state index in [1.54, 1.807) is 6.92 Å². The summed E-state index contributed by atoms with van der Waals surface area (Å²) in [5, 5.41) is 27.0. The molecule has 29 heavy (non-hydrogen) atoms. The fourth-order valence-electron chi connectivity index (χ4n) is 3.03. The maximum absolute atomic E-state index is 12.4. The SMILES string of the molecule is CCCCCCCCCCCC(=O)N(CCO)C(C)CN(C(=O)O)C(=O)O.[Na].[Na]. The molecule has 0 saturated carbocycles. The van der Waals surface area contributed by atoms with Crippen molar-refractivity contribution in [3.8, 4) is 0 Å². The molecule has 0 aliphatic heterocycles. The van der Waals surface area contributed by atoms with E-state index in [1.807, 2.05) is 0 Å². The third-order valence-electron chi connectivity index (χ3n) is 4.60. The van der Waals surface area contributed by atoms with E-state index in [4.69, 9.17) is 10.2 Å². The fraction of sp³-hybridized carbons (Fsp3) is 0.842. The maximum atomic E-state index is 12.4. The van der Waals surface area contributed by atoms with E-state index in [-0.39, 0.29) is 89.6 Å². The zero-order valence-electron chi connectivity index (χ0n) is 18.7. The van der Waals surface area contributed by atoms with Crippen LogP contribution in [0.25, 0.3) is 0 Å². The molecular formula is C19H36N2Na2O6. The molecule has 0 aromatic carbocycles. The van der Waals surface area contributed by atoms with Gasteiger partial charge in [0.15, 0.2) is 0 Å². The first-order valence-corrected chi connectivity index (χ1v) is 9.98. The van der Waals surface area contributed by atoms with E-state index in [0.717, 1.165) is 19.3 Å². The summed E-state index contributed by atoms with van der Waals surface area (Å²) in [5.41, 5.74) is 0. The molecule has 0 heterocycles. The maximum Gasteiger partial charge on any atom is 0.416 e. The summed E-state index contributed by atoms with van der Waals surface area (Å²) in [6, 6.07) is -0.629. The molecule has 0 aliphatic rings. The summed E-state index contributed by atoms with van der Waals surface area (Å²) in [4.78, 5) is 36.0. The van der Waals surface area contributed by atoms with Crippen molar-refractivity contribution < 1.29 is 29.7 Å². The molecule has 0 saturated heterocycles. The third-order valence-corrected chi connectivity index (χ3v) is 4.60. The number of rotatable bonds is 15. The van der Waals surface area contributed by atoms with Gasteiger partial charge in [0.2, 0.25) is 5.91 Å². The molecule has 3 N–H and O–H groups in total. The van der Waals surface area contributed by atoms with Crippen molar-refractivity contribution in [3.63, 3.8) is 0 Å². The molecule has 0 spiro atoms. The molecule has 1 atom stereocenters. The average Bonchev–Trinajstić information content (AvgIpc) is 2.61. The van der Waals surface area contributed by atoms with Gasteiger partial charge in [-0.15, -0.1) is 0 Å². The minimum atomic E-state index is -1.58. The second kappa shape index (κ2) is 21.4. The number of aliphatic hydroxyl groups excluding tert-OH is 1. The molecule has 8 nitrogen and oxygen atoms in total. The van der Waals surface area contributed by atoms with E-state index in [9.17, 15) is 19.5 Å². The molecule has 10 heteroatoms. The van der Waals surface area contributed by atoms with Crippen molar-refractivity contribution in [2.45, 2.75) is 84.1 Å². The fourth-order valence-corrected chi connectivity index (χ4v) is 3.03. The molecule has 3 amide bonds. The largest absolute Gasteiger partial charge is 0.465 e. The number of hydrogen-bond donors (Lipinski definition) is 3. The minimum absolute atomic E-state index is 0. The Morgan fingerprint density at radius 3 is 1.69 bits per heavy atom. The van der Waals surface area contributed by atoms with Crippen LogP contribution in [-0.4, -0.2) is 128 Å².